The average Bonchev–Trinajstić information content (AvgIpc) is 2.54. The third-order valence-corrected chi connectivity index (χ3v) is 3.98. The smallest absolute Gasteiger partial charge is 0.150 e. The van der Waals surface area contributed by atoms with Crippen molar-refractivity contribution in [1.29, 1.82) is 0 Å². The van der Waals surface area contributed by atoms with E-state index in [0.29, 0.717) is 0 Å². The minimum atomic E-state index is 0.805. The number of benzene rings is 1. The Hall–Kier alpha value is -1.87. The highest BCUT2D eigenvalue weighted by Crippen LogP contribution is 2.29. The molecule has 0 unspecified atom stereocenters. The minimum Gasteiger partial charge on any atom is -0.455 e. The van der Waals surface area contributed by atoms with Crippen LogP contribution in [0, 0.1) is 0 Å². The summed E-state index contributed by atoms with van der Waals surface area (Å²) in [5.41, 5.74) is 4.06. The Labute approximate surface area is 126 Å². The number of rotatable bonds is 5. The third kappa shape index (κ3) is 3.42. The summed E-state index contributed by atoms with van der Waals surface area (Å²) in [5.74, 6) is 1.76. The zero-order chi connectivity index (χ0) is 14.5. The molecule has 1 N–H and O–H groups in total. The average molecular weight is 282 g/mol. The SMILES string of the molecule is CCNCc1ccncc1Oc1ccc2c(c1)CCCC2. The fraction of sp³-hybridized carbons (Fsp3) is 0.389. The normalized spacial score (nSPS) is 13.8. The number of aryl methyl sites for hydroxylation is 2. The van der Waals surface area contributed by atoms with Gasteiger partial charge in [-0.25, -0.2) is 0 Å². The van der Waals surface area contributed by atoms with Crippen LogP contribution in [0.5, 0.6) is 11.5 Å². The second kappa shape index (κ2) is 6.72. The van der Waals surface area contributed by atoms with E-state index in [0.717, 1.165) is 30.2 Å². The van der Waals surface area contributed by atoms with Gasteiger partial charge in [0.05, 0.1) is 6.20 Å². The molecule has 0 amide bonds. The highest BCUT2D eigenvalue weighted by atomic mass is 16.5. The molecule has 1 heterocycles. The van der Waals surface area contributed by atoms with Gasteiger partial charge < -0.3 is 10.1 Å². The highest BCUT2D eigenvalue weighted by molar-refractivity contribution is 5.41. The molecule has 0 saturated carbocycles. The van der Waals surface area contributed by atoms with Crippen LogP contribution < -0.4 is 10.1 Å². The van der Waals surface area contributed by atoms with Gasteiger partial charge in [0, 0.05) is 18.3 Å². The lowest BCUT2D eigenvalue weighted by molar-refractivity contribution is 0.469. The van der Waals surface area contributed by atoms with Gasteiger partial charge in [-0.3, -0.25) is 4.98 Å². The van der Waals surface area contributed by atoms with E-state index in [4.69, 9.17) is 4.74 Å². The molecule has 0 atom stereocenters. The Balaban J connectivity index is 1.80. The maximum Gasteiger partial charge on any atom is 0.150 e. The molecule has 21 heavy (non-hydrogen) atoms. The van der Waals surface area contributed by atoms with Crippen molar-refractivity contribution in [3.05, 3.63) is 53.3 Å². The van der Waals surface area contributed by atoms with Crippen LogP contribution in [0.4, 0.5) is 0 Å². The van der Waals surface area contributed by atoms with Crippen LogP contribution in [0.25, 0.3) is 0 Å². The van der Waals surface area contributed by atoms with Crippen molar-refractivity contribution in [1.82, 2.24) is 10.3 Å². The van der Waals surface area contributed by atoms with Gasteiger partial charge in [0.15, 0.2) is 0 Å². The van der Waals surface area contributed by atoms with Crippen LogP contribution in [0.2, 0.25) is 0 Å². The number of aromatic nitrogens is 1. The van der Waals surface area contributed by atoms with Crippen molar-refractivity contribution in [2.45, 2.75) is 39.2 Å². The predicted molar refractivity (Wildman–Crippen MR) is 84.8 cm³/mol. The van der Waals surface area contributed by atoms with Crippen molar-refractivity contribution in [3.63, 3.8) is 0 Å². The summed E-state index contributed by atoms with van der Waals surface area (Å²) in [6.07, 6.45) is 8.58. The second-order valence-corrected chi connectivity index (χ2v) is 5.50. The molecule has 0 radical (unpaired) electrons. The van der Waals surface area contributed by atoms with Crippen molar-refractivity contribution >= 4 is 0 Å². The van der Waals surface area contributed by atoms with Crippen molar-refractivity contribution in [3.8, 4) is 11.5 Å². The summed E-state index contributed by atoms with van der Waals surface area (Å²) in [7, 11) is 0. The van der Waals surface area contributed by atoms with Crippen molar-refractivity contribution in [2.24, 2.45) is 0 Å². The van der Waals surface area contributed by atoms with E-state index in [1.165, 1.54) is 36.8 Å². The lowest BCUT2D eigenvalue weighted by Crippen LogP contribution is -2.12. The fourth-order valence-corrected chi connectivity index (χ4v) is 2.81. The van der Waals surface area contributed by atoms with Gasteiger partial charge in [-0.05, 0) is 61.6 Å². The number of nitrogens with one attached hydrogen (secondary N) is 1. The van der Waals surface area contributed by atoms with E-state index in [-0.39, 0.29) is 0 Å². The summed E-state index contributed by atoms with van der Waals surface area (Å²) >= 11 is 0. The van der Waals surface area contributed by atoms with E-state index < -0.39 is 0 Å². The Bertz CT molecular complexity index is 610. The molecule has 2 aromatic rings. The van der Waals surface area contributed by atoms with E-state index in [2.05, 4.69) is 35.4 Å². The first kappa shape index (κ1) is 14.1. The molecule has 3 rings (SSSR count). The van der Waals surface area contributed by atoms with Crippen molar-refractivity contribution in [2.75, 3.05) is 6.54 Å². The molecular formula is C18H22N2O. The Morgan fingerprint density at radius 2 is 2.00 bits per heavy atom. The van der Waals surface area contributed by atoms with Crippen LogP contribution in [0.1, 0.15) is 36.5 Å². The van der Waals surface area contributed by atoms with Gasteiger partial charge in [-0.15, -0.1) is 0 Å². The molecule has 1 aromatic heterocycles. The number of nitrogens with zero attached hydrogens (tertiary/aromatic N) is 1. The Kier molecular flexibility index (Phi) is 4.51. The van der Waals surface area contributed by atoms with E-state index >= 15 is 0 Å². The Morgan fingerprint density at radius 1 is 1.14 bits per heavy atom. The summed E-state index contributed by atoms with van der Waals surface area (Å²) < 4.78 is 6.07. The predicted octanol–water partition coefficient (Wildman–Crippen LogP) is 3.86. The molecule has 0 spiro atoms. The van der Waals surface area contributed by atoms with Gasteiger partial charge in [0.1, 0.15) is 11.5 Å². The van der Waals surface area contributed by atoms with E-state index in [9.17, 15) is 0 Å². The summed E-state index contributed by atoms with van der Waals surface area (Å²) in [6, 6.07) is 8.49. The summed E-state index contributed by atoms with van der Waals surface area (Å²) in [4.78, 5) is 4.18. The lowest BCUT2D eigenvalue weighted by atomic mass is 9.92. The molecule has 0 saturated heterocycles. The Morgan fingerprint density at radius 3 is 2.86 bits per heavy atom. The molecule has 0 aliphatic heterocycles. The molecule has 1 aliphatic carbocycles. The maximum absolute atomic E-state index is 6.07. The van der Waals surface area contributed by atoms with Gasteiger partial charge in [-0.2, -0.15) is 0 Å². The molecular weight excluding hydrogens is 260 g/mol. The number of pyridine rings is 1. The number of ether oxygens (including phenoxy) is 1. The minimum absolute atomic E-state index is 0.805. The highest BCUT2D eigenvalue weighted by Gasteiger charge is 2.11. The van der Waals surface area contributed by atoms with E-state index in [1.807, 2.05) is 12.3 Å². The molecule has 110 valence electrons. The monoisotopic (exact) mass is 282 g/mol. The second-order valence-electron chi connectivity index (χ2n) is 5.50. The van der Waals surface area contributed by atoms with Gasteiger partial charge in [-0.1, -0.05) is 13.0 Å². The zero-order valence-corrected chi connectivity index (χ0v) is 12.6. The van der Waals surface area contributed by atoms with Crippen LogP contribution in [0.3, 0.4) is 0 Å². The molecule has 0 fully saturated rings. The van der Waals surface area contributed by atoms with E-state index in [1.54, 1.807) is 6.20 Å². The standard InChI is InChI=1S/C18H22N2O/c1-2-19-12-16-9-10-20-13-18(16)21-17-8-7-14-5-3-4-6-15(14)11-17/h7-11,13,19H,2-6,12H2,1H3. The number of fused-ring (bicyclic) bond motifs is 1. The summed E-state index contributed by atoms with van der Waals surface area (Å²) in [6.45, 7) is 3.85. The maximum atomic E-state index is 6.07. The zero-order valence-electron chi connectivity index (χ0n) is 12.6. The van der Waals surface area contributed by atoms with Crippen LogP contribution in [-0.4, -0.2) is 11.5 Å². The molecule has 1 aliphatic rings. The van der Waals surface area contributed by atoms with Crippen LogP contribution in [0.15, 0.2) is 36.7 Å². The number of hydrogen-bond donors (Lipinski definition) is 1. The van der Waals surface area contributed by atoms with Gasteiger partial charge in [0.2, 0.25) is 0 Å². The van der Waals surface area contributed by atoms with Gasteiger partial charge in [0.25, 0.3) is 0 Å². The molecule has 3 heteroatoms. The van der Waals surface area contributed by atoms with Crippen molar-refractivity contribution < 1.29 is 4.74 Å². The first-order valence-electron chi connectivity index (χ1n) is 7.80. The summed E-state index contributed by atoms with van der Waals surface area (Å²) in [5, 5.41) is 3.33. The molecule has 3 nitrogen and oxygen atoms in total. The van der Waals surface area contributed by atoms with Crippen LogP contribution in [-0.2, 0) is 19.4 Å². The number of hydrogen-bond acceptors (Lipinski definition) is 3. The molecule has 1 aromatic carbocycles. The molecule has 0 bridgehead atoms. The van der Waals surface area contributed by atoms with Gasteiger partial charge >= 0.3 is 0 Å². The fourth-order valence-electron chi connectivity index (χ4n) is 2.81. The quantitative estimate of drug-likeness (QED) is 0.904. The third-order valence-electron chi connectivity index (χ3n) is 3.98. The topological polar surface area (TPSA) is 34.2 Å². The largest absolute Gasteiger partial charge is 0.455 e. The first-order valence-corrected chi connectivity index (χ1v) is 7.80. The lowest BCUT2D eigenvalue weighted by Gasteiger charge is -2.17. The first-order chi connectivity index (χ1) is 10.4. The van der Waals surface area contributed by atoms with Crippen LogP contribution >= 0.6 is 0 Å².